The van der Waals surface area contributed by atoms with Gasteiger partial charge in [-0.15, -0.1) is 0 Å². The van der Waals surface area contributed by atoms with Crippen molar-refractivity contribution in [1.29, 1.82) is 0 Å². The van der Waals surface area contributed by atoms with E-state index in [1.165, 1.54) is 16.8 Å². The fourth-order valence-corrected chi connectivity index (χ4v) is 3.70. The molecule has 3 aromatic carbocycles. The number of rotatable bonds is 7. The molecule has 0 unspecified atom stereocenters. The van der Waals surface area contributed by atoms with E-state index in [1.807, 2.05) is 38.1 Å². The number of nitrogens with one attached hydrogen (secondary N) is 2. The molecule has 0 aliphatic rings. The van der Waals surface area contributed by atoms with Crippen molar-refractivity contribution in [3.05, 3.63) is 95.4 Å². The van der Waals surface area contributed by atoms with Crippen molar-refractivity contribution in [2.75, 3.05) is 19.0 Å². The van der Waals surface area contributed by atoms with Crippen molar-refractivity contribution in [3.63, 3.8) is 0 Å². The molecule has 0 bridgehead atoms. The highest BCUT2D eigenvalue weighted by Crippen LogP contribution is 2.27. The van der Waals surface area contributed by atoms with Gasteiger partial charge in [0.2, 0.25) is 5.91 Å². The highest BCUT2D eigenvalue weighted by molar-refractivity contribution is 6.03. The topological polar surface area (TPSA) is 85.2 Å². The predicted molar refractivity (Wildman–Crippen MR) is 132 cm³/mol. The summed E-state index contributed by atoms with van der Waals surface area (Å²) in [5.74, 6) is -0.572. The molecule has 0 atom stereocenters. The van der Waals surface area contributed by atoms with Crippen molar-refractivity contribution >= 4 is 17.5 Å². The molecule has 8 heteroatoms. The second kappa shape index (κ2) is 10.2. The van der Waals surface area contributed by atoms with Crippen LogP contribution in [0, 0.1) is 19.7 Å². The summed E-state index contributed by atoms with van der Waals surface area (Å²) in [5.41, 5.74) is 4.52. The summed E-state index contributed by atoms with van der Waals surface area (Å²) in [4.78, 5) is 25.7. The lowest BCUT2D eigenvalue weighted by atomic mass is 10.1. The van der Waals surface area contributed by atoms with Gasteiger partial charge >= 0.3 is 0 Å². The third-order valence-corrected chi connectivity index (χ3v) is 5.55. The van der Waals surface area contributed by atoms with Crippen LogP contribution in [0.15, 0.2) is 72.9 Å². The first-order valence-electron chi connectivity index (χ1n) is 11.0. The summed E-state index contributed by atoms with van der Waals surface area (Å²) in [6.45, 7) is 3.60. The fraction of sp³-hybridized carbons (Fsp3) is 0.148. The third kappa shape index (κ3) is 5.38. The Morgan fingerprint density at radius 1 is 1.00 bits per heavy atom. The third-order valence-electron chi connectivity index (χ3n) is 5.55. The monoisotopic (exact) mass is 472 g/mol. The van der Waals surface area contributed by atoms with Gasteiger partial charge in [-0.05, 0) is 61.4 Å². The number of carbonyl (C=O) groups excluding carboxylic acids is 2. The zero-order valence-corrected chi connectivity index (χ0v) is 19.6. The summed E-state index contributed by atoms with van der Waals surface area (Å²) >= 11 is 0. The lowest BCUT2D eigenvalue weighted by molar-refractivity contribution is -0.115. The van der Waals surface area contributed by atoms with E-state index in [0.29, 0.717) is 22.7 Å². The van der Waals surface area contributed by atoms with E-state index < -0.39 is 5.91 Å². The van der Waals surface area contributed by atoms with Crippen molar-refractivity contribution < 1.29 is 18.7 Å². The van der Waals surface area contributed by atoms with E-state index in [2.05, 4.69) is 15.7 Å². The quantitative estimate of drug-likeness (QED) is 0.409. The molecule has 1 aromatic heterocycles. The number of carbonyl (C=O) groups is 2. The molecule has 4 rings (SSSR count). The summed E-state index contributed by atoms with van der Waals surface area (Å²) < 4.78 is 20.2. The van der Waals surface area contributed by atoms with Crippen molar-refractivity contribution in [2.24, 2.45) is 0 Å². The number of aromatic nitrogens is 2. The molecule has 2 amide bonds. The number of benzene rings is 3. The van der Waals surface area contributed by atoms with Gasteiger partial charge in [-0.3, -0.25) is 9.59 Å². The van der Waals surface area contributed by atoms with Crippen LogP contribution in [0.5, 0.6) is 5.75 Å². The second-order valence-electron chi connectivity index (χ2n) is 8.04. The Kier molecular flexibility index (Phi) is 6.91. The number of hydrogen-bond acceptors (Lipinski definition) is 4. The number of hydrogen-bond donors (Lipinski definition) is 2. The maximum atomic E-state index is 13.4. The lowest BCUT2D eigenvalue weighted by Gasteiger charge is -2.12. The number of nitrogens with zero attached hydrogens (tertiary/aromatic N) is 2. The largest absolute Gasteiger partial charge is 0.497 e. The van der Waals surface area contributed by atoms with Crippen molar-refractivity contribution in [2.45, 2.75) is 13.8 Å². The molecule has 0 aliphatic carbocycles. The van der Waals surface area contributed by atoms with Crippen LogP contribution in [-0.2, 0) is 4.79 Å². The number of aryl methyl sites for hydroxylation is 2. The van der Waals surface area contributed by atoms with Gasteiger partial charge in [-0.2, -0.15) is 5.10 Å². The van der Waals surface area contributed by atoms with Gasteiger partial charge in [0.1, 0.15) is 17.3 Å². The van der Waals surface area contributed by atoms with Gasteiger partial charge in [0, 0.05) is 17.4 Å². The molecule has 0 radical (unpaired) electrons. The van der Waals surface area contributed by atoms with Crippen LogP contribution in [0.2, 0.25) is 0 Å². The molecule has 0 aliphatic heterocycles. The Bertz CT molecular complexity index is 1360. The molecule has 0 spiro atoms. The van der Waals surface area contributed by atoms with Crippen LogP contribution >= 0.6 is 0 Å². The second-order valence-corrected chi connectivity index (χ2v) is 8.04. The summed E-state index contributed by atoms with van der Waals surface area (Å²) in [6.07, 6.45) is 1.56. The molecule has 4 aromatic rings. The maximum Gasteiger partial charge on any atom is 0.255 e. The maximum absolute atomic E-state index is 13.4. The Hall–Kier alpha value is -4.46. The number of methoxy groups -OCH3 is 1. The van der Waals surface area contributed by atoms with Crippen LogP contribution in [0.25, 0.3) is 16.9 Å². The molecular formula is C27H25FN4O3. The first-order valence-corrected chi connectivity index (χ1v) is 11.0. The smallest absolute Gasteiger partial charge is 0.255 e. The molecule has 0 saturated heterocycles. The van der Waals surface area contributed by atoms with Gasteiger partial charge in [0.25, 0.3) is 5.91 Å². The molecule has 0 saturated carbocycles. The van der Waals surface area contributed by atoms with E-state index >= 15 is 0 Å². The minimum Gasteiger partial charge on any atom is -0.497 e. The van der Waals surface area contributed by atoms with E-state index in [-0.39, 0.29) is 23.8 Å². The number of anilines is 1. The minimum atomic E-state index is -0.465. The zero-order chi connectivity index (χ0) is 24.9. The fourth-order valence-electron chi connectivity index (χ4n) is 3.70. The van der Waals surface area contributed by atoms with E-state index in [1.54, 1.807) is 43.6 Å². The molecule has 2 N–H and O–H groups in total. The SMILES string of the molecule is COc1cccc(-c2nn(-c3ccc(F)cc3)cc2C(=O)NCC(=O)Nc2c(C)cccc2C)c1. The summed E-state index contributed by atoms with van der Waals surface area (Å²) in [7, 11) is 1.55. The number of para-hydroxylation sites is 1. The van der Waals surface area contributed by atoms with Crippen LogP contribution in [0.3, 0.4) is 0 Å². The van der Waals surface area contributed by atoms with Crippen LogP contribution in [0.1, 0.15) is 21.5 Å². The number of ether oxygens (including phenoxy) is 1. The molecule has 35 heavy (non-hydrogen) atoms. The highest BCUT2D eigenvalue weighted by Gasteiger charge is 2.20. The first-order chi connectivity index (χ1) is 16.9. The van der Waals surface area contributed by atoms with Gasteiger partial charge < -0.3 is 15.4 Å². The first kappa shape index (κ1) is 23.7. The Labute approximate surface area is 202 Å². The molecule has 0 fully saturated rings. The number of amides is 2. The zero-order valence-electron chi connectivity index (χ0n) is 19.6. The van der Waals surface area contributed by atoms with Gasteiger partial charge in [0.15, 0.2) is 0 Å². The average molecular weight is 473 g/mol. The molecule has 7 nitrogen and oxygen atoms in total. The molecule has 1 heterocycles. The predicted octanol–water partition coefficient (Wildman–Crippen LogP) is 4.67. The molecular weight excluding hydrogens is 447 g/mol. The number of halogens is 1. The van der Waals surface area contributed by atoms with Gasteiger partial charge in [-0.1, -0.05) is 30.3 Å². The van der Waals surface area contributed by atoms with E-state index in [9.17, 15) is 14.0 Å². The average Bonchev–Trinajstić information content (AvgIpc) is 3.31. The van der Waals surface area contributed by atoms with E-state index in [4.69, 9.17) is 4.74 Å². The van der Waals surface area contributed by atoms with Gasteiger partial charge in [0.05, 0.1) is 24.9 Å². The molecule has 178 valence electrons. The Morgan fingerprint density at radius 2 is 1.69 bits per heavy atom. The highest BCUT2D eigenvalue weighted by atomic mass is 19.1. The Balaban J connectivity index is 1.59. The normalized spacial score (nSPS) is 10.6. The van der Waals surface area contributed by atoms with Gasteiger partial charge in [-0.25, -0.2) is 9.07 Å². The standard InChI is InChI=1S/C27H25FN4O3/c1-17-6-4-7-18(2)25(17)30-24(33)15-29-27(34)23-16-32(21-12-10-20(28)11-13-21)31-26(23)19-8-5-9-22(14-19)35-3/h4-14,16H,15H2,1-3H3,(H,29,34)(H,30,33). The van der Waals surface area contributed by atoms with E-state index in [0.717, 1.165) is 16.8 Å². The van der Waals surface area contributed by atoms with Crippen LogP contribution < -0.4 is 15.4 Å². The lowest BCUT2D eigenvalue weighted by Crippen LogP contribution is -2.33. The summed E-state index contributed by atoms with van der Waals surface area (Å²) in [6, 6.07) is 18.7. The Morgan fingerprint density at radius 3 is 2.37 bits per heavy atom. The van der Waals surface area contributed by atoms with Crippen molar-refractivity contribution in [3.8, 4) is 22.7 Å². The van der Waals surface area contributed by atoms with Crippen LogP contribution in [-0.4, -0.2) is 35.2 Å². The van der Waals surface area contributed by atoms with Crippen molar-refractivity contribution in [1.82, 2.24) is 15.1 Å². The minimum absolute atomic E-state index is 0.216. The van der Waals surface area contributed by atoms with Crippen LogP contribution in [0.4, 0.5) is 10.1 Å². The summed E-state index contributed by atoms with van der Waals surface area (Å²) in [5, 5.41) is 10.1.